The number of pyridine rings is 1. The molecule has 0 saturated carbocycles. The second-order valence-electron chi connectivity index (χ2n) is 13.9. The average molecular weight is 737 g/mol. The van der Waals surface area contributed by atoms with Gasteiger partial charge in [-0.3, -0.25) is 14.5 Å². The maximum Gasteiger partial charge on any atom is 0.387 e. The molecule has 5 heterocycles. The molecular formula is C40H38F2N6O6. The predicted octanol–water partition coefficient (Wildman–Crippen LogP) is 7.00. The highest BCUT2D eigenvalue weighted by Crippen LogP contribution is 2.39. The number of halogens is 2. The normalized spacial score (nSPS) is 17.6. The number of oxazole rings is 2. The number of carboxylic acids is 1. The molecule has 6 aromatic rings. The molecule has 1 unspecified atom stereocenters. The molecule has 54 heavy (non-hydrogen) atoms. The minimum atomic E-state index is -3.07. The van der Waals surface area contributed by atoms with E-state index in [0.29, 0.717) is 73.0 Å². The number of carboxylic acid groups (broad SMARTS) is 1. The van der Waals surface area contributed by atoms with Gasteiger partial charge in [-0.2, -0.15) is 8.78 Å². The number of likely N-dealkylation sites (tertiary alicyclic amines) is 1. The fourth-order valence-corrected chi connectivity index (χ4v) is 7.57. The highest BCUT2D eigenvalue weighted by Gasteiger charge is 2.31. The molecular weight excluding hydrogens is 698 g/mol. The first-order chi connectivity index (χ1) is 26.1. The van der Waals surface area contributed by atoms with Gasteiger partial charge in [0.05, 0.1) is 0 Å². The molecule has 3 aromatic carbocycles. The maximum absolute atomic E-state index is 13.5. The van der Waals surface area contributed by atoms with E-state index in [9.17, 15) is 23.5 Å². The van der Waals surface area contributed by atoms with Crippen molar-refractivity contribution in [3.8, 4) is 39.8 Å². The van der Waals surface area contributed by atoms with Gasteiger partial charge in [0.25, 0.3) is 0 Å². The summed E-state index contributed by atoms with van der Waals surface area (Å²) in [6, 6.07) is 16.2. The lowest BCUT2D eigenvalue weighted by Crippen LogP contribution is -2.35. The number of hydrogen-bond acceptors (Lipinski definition) is 10. The van der Waals surface area contributed by atoms with Crippen LogP contribution in [0.25, 0.3) is 56.4 Å². The zero-order chi connectivity index (χ0) is 37.5. The van der Waals surface area contributed by atoms with Crippen molar-refractivity contribution in [2.75, 3.05) is 13.1 Å². The molecule has 12 nitrogen and oxygen atoms in total. The van der Waals surface area contributed by atoms with Gasteiger partial charge in [0.1, 0.15) is 22.8 Å². The Balaban J connectivity index is 1.07. The van der Waals surface area contributed by atoms with Crippen molar-refractivity contribution in [1.82, 2.24) is 30.5 Å². The van der Waals surface area contributed by atoms with E-state index in [2.05, 4.69) is 15.6 Å². The van der Waals surface area contributed by atoms with Crippen LogP contribution in [0.2, 0.25) is 0 Å². The number of aromatic nitrogens is 3. The number of fused-ring (bicyclic) bond motifs is 2. The van der Waals surface area contributed by atoms with Crippen molar-refractivity contribution in [3.05, 3.63) is 83.0 Å². The first-order valence-electron chi connectivity index (χ1n) is 17.9. The SMILES string of the molecule is Cc1c(-c2nc3cc(CN4CCC[C@H]4C(=O)O)c(OC(F)F)cc3o2)cccc1-c1cccc(-c2nc3cc(CNCC4CCC(=O)N4)cnc3o2)c1C. The lowest BCUT2D eigenvalue weighted by molar-refractivity contribution is -0.142. The largest absolute Gasteiger partial charge is 0.480 e. The third kappa shape index (κ3) is 7.01. The van der Waals surface area contributed by atoms with Crippen LogP contribution in [0.15, 0.2) is 69.6 Å². The molecule has 2 aliphatic rings. The van der Waals surface area contributed by atoms with E-state index in [1.807, 2.05) is 56.3 Å². The van der Waals surface area contributed by atoms with E-state index in [0.717, 1.165) is 45.4 Å². The summed E-state index contributed by atoms with van der Waals surface area (Å²) in [5.74, 6) is -0.168. The summed E-state index contributed by atoms with van der Waals surface area (Å²) in [5.41, 5.74) is 8.43. The number of nitrogens with zero attached hydrogens (tertiary/aromatic N) is 4. The van der Waals surface area contributed by atoms with Crippen molar-refractivity contribution in [1.29, 1.82) is 0 Å². The standard InChI is InChI=1S/C40H38F2N6O6/c1-21-26(27-7-4-9-29(22(27)2)37-47-31-14-23(18-44-38(31)54-37)17-43-19-25-11-12-35(49)45-25)6-3-8-28(21)36-46-30-15-24(20-48-13-5-10-32(48)39(50)51)33(53-40(41)42)16-34(30)52-36/h3-4,6-9,14-16,18,25,32,40,43H,5,10-13,17,19-20H2,1-2H3,(H,45,49)(H,50,51)/t25?,32-/m0/s1. The lowest BCUT2D eigenvalue weighted by atomic mass is 9.91. The summed E-state index contributed by atoms with van der Waals surface area (Å²) in [7, 11) is 0. The fraction of sp³-hybridized carbons (Fsp3) is 0.325. The molecule has 2 fully saturated rings. The summed E-state index contributed by atoms with van der Waals surface area (Å²) < 4.78 is 44.1. The number of benzene rings is 3. The van der Waals surface area contributed by atoms with Crippen LogP contribution >= 0.6 is 0 Å². The van der Waals surface area contributed by atoms with Crippen molar-refractivity contribution >= 4 is 34.2 Å². The Labute approximate surface area is 308 Å². The van der Waals surface area contributed by atoms with Crippen molar-refractivity contribution in [2.24, 2.45) is 0 Å². The topological polar surface area (TPSA) is 156 Å². The van der Waals surface area contributed by atoms with E-state index >= 15 is 0 Å². The van der Waals surface area contributed by atoms with Crippen LogP contribution in [-0.4, -0.2) is 68.6 Å². The third-order valence-corrected chi connectivity index (χ3v) is 10.3. The van der Waals surface area contributed by atoms with Gasteiger partial charge >= 0.3 is 12.6 Å². The van der Waals surface area contributed by atoms with Crippen LogP contribution in [0.5, 0.6) is 5.75 Å². The van der Waals surface area contributed by atoms with Crippen LogP contribution in [0.3, 0.4) is 0 Å². The van der Waals surface area contributed by atoms with Crippen LogP contribution in [0.1, 0.15) is 47.9 Å². The van der Waals surface area contributed by atoms with Gasteiger partial charge in [0, 0.05) is 61.1 Å². The molecule has 0 aliphatic carbocycles. The number of carbonyl (C=O) groups is 2. The molecule has 3 aromatic heterocycles. The maximum atomic E-state index is 13.5. The van der Waals surface area contributed by atoms with Gasteiger partial charge in [0.2, 0.25) is 23.4 Å². The van der Waals surface area contributed by atoms with Crippen LogP contribution in [-0.2, 0) is 22.7 Å². The Morgan fingerprint density at radius 2 is 1.70 bits per heavy atom. The molecule has 0 spiro atoms. The Morgan fingerprint density at radius 1 is 1.00 bits per heavy atom. The summed E-state index contributed by atoms with van der Waals surface area (Å²) in [5, 5.41) is 16.0. The molecule has 8 rings (SSSR count). The molecule has 278 valence electrons. The Morgan fingerprint density at radius 3 is 2.39 bits per heavy atom. The minimum absolute atomic E-state index is 0.0768. The van der Waals surface area contributed by atoms with E-state index in [1.165, 1.54) is 6.07 Å². The number of rotatable bonds is 12. The van der Waals surface area contributed by atoms with Gasteiger partial charge in [-0.15, -0.1) is 0 Å². The number of ether oxygens (including phenoxy) is 1. The number of aliphatic carboxylic acids is 1. The van der Waals surface area contributed by atoms with Crippen LogP contribution in [0.4, 0.5) is 8.78 Å². The first-order valence-corrected chi connectivity index (χ1v) is 17.9. The zero-order valence-electron chi connectivity index (χ0n) is 29.7. The second-order valence-corrected chi connectivity index (χ2v) is 13.9. The second kappa shape index (κ2) is 14.6. The van der Waals surface area contributed by atoms with E-state index in [-0.39, 0.29) is 29.8 Å². The first kappa shape index (κ1) is 35.3. The number of amides is 1. The van der Waals surface area contributed by atoms with Gasteiger partial charge in [-0.1, -0.05) is 24.3 Å². The molecule has 14 heteroatoms. The Hall–Kier alpha value is -5.73. The predicted molar refractivity (Wildman–Crippen MR) is 196 cm³/mol. The minimum Gasteiger partial charge on any atom is -0.480 e. The van der Waals surface area contributed by atoms with Crippen molar-refractivity contribution in [2.45, 2.75) is 71.3 Å². The van der Waals surface area contributed by atoms with Gasteiger partial charge in [0.15, 0.2) is 5.58 Å². The van der Waals surface area contributed by atoms with E-state index in [4.69, 9.17) is 23.5 Å². The monoisotopic (exact) mass is 736 g/mol. The molecule has 1 amide bonds. The van der Waals surface area contributed by atoms with Gasteiger partial charge < -0.3 is 29.3 Å². The lowest BCUT2D eigenvalue weighted by Gasteiger charge is -2.22. The number of hydrogen-bond donors (Lipinski definition) is 3. The average Bonchev–Trinajstić information content (AvgIpc) is 3.95. The van der Waals surface area contributed by atoms with Gasteiger partial charge in [-0.25, -0.2) is 15.0 Å². The molecule has 3 N–H and O–H groups in total. The highest BCUT2D eigenvalue weighted by atomic mass is 19.3. The molecule has 2 atom stereocenters. The summed E-state index contributed by atoms with van der Waals surface area (Å²) in [6.45, 7) is 2.84. The summed E-state index contributed by atoms with van der Waals surface area (Å²) in [6.07, 6.45) is 4.35. The molecule has 0 bridgehead atoms. The number of carbonyl (C=O) groups excluding carboxylic acids is 1. The molecule has 2 saturated heterocycles. The molecule has 2 aliphatic heterocycles. The zero-order valence-corrected chi connectivity index (χ0v) is 29.7. The van der Waals surface area contributed by atoms with Crippen LogP contribution < -0.4 is 15.4 Å². The van der Waals surface area contributed by atoms with Gasteiger partial charge in [-0.05, 0) is 91.7 Å². The number of alkyl halides is 2. The fourth-order valence-electron chi connectivity index (χ4n) is 7.57. The smallest absolute Gasteiger partial charge is 0.387 e. The van der Waals surface area contributed by atoms with Crippen molar-refractivity contribution in [3.63, 3.8) is 0 Å². The summed E-state index contributed by atoms with van der Waals surface area (Å²) >= 11 is 0. The van der Waals surface area contributed by atoms with E-state index < -0.39 is 18.6 Å². The van der Waals surface area contributed by atoms with Crippen molar-refractivity contribution < 1.29 is 37.0 Å². The van der Waals surface area contributed by atoms with Crippen LogP contribution in [0, 0.1) is 13.8 Å². The Kier molecular flexibility index (Phi) is 9.54. The Bertz CT molecular complexity index is 2390. The van der Waals surface area contributed by atoms with E-state index in [1.54, 1.807) is 17.2 Å². The highest BCUT2D eigenvalue weighted by molar-refractivity contribution is 5.85. The number of nitrogens with one attached hydrogen (secondary N) is 2. The third-order valence-electron chi connectivity index (χ3n) is 10.3. The summed E-state index contributed by atoms with van der Waals surface area (Å²) in [4.78, 5) is 39.1. The quantitative estimate of drug-likeness (QED) is 0.119. The molecule has 0 radical (unpaired) electrons.